The number of pyridine rings is 1. The quantitative estimate of drug-likeness (QED) is 0.632. The maximum absolute atomic E-state index is 13.4. The molecule has 2 N–H and O–H groups in total. The van der Waals surface area contributed by atoms with Crippen LogP contribution in [0, 0.1) is 6.92 Å². The summed E-state index contributed by atoms with van der Waals surface area (Å²) in [6.07, 6.45) is 4.14. The number of methoxy groups -OCH3 is 1. The third-order valence-corrected chi connectivity index (χ3v) is 8.03. The molecule has 1 saturated carbocycles. The van der Waals surface area contributed by atoms with Crippen LogP contribution in [0.3, 0.4) is 0 Å². The summed E-state index contributed by atoms with van der Waals surface area (Å²) < 4.78 is 21.9. The van der Waals surface area contributed by atoms with Gasteiger partial charge in [0, 0.05) is 30.4 Å². The second-order valence-electron chi connectivity index (χ2n) is 9.54. The third kappa shape index (κ3) is 4.47. The van der Waals surface area contributed by atoms with E-state index in [9.17, 15) is 14.5 Å². The first kappa shape index (κ1) is 23.3. The van der Waals surface area contributed by atoms with E-state index in [2.05, 4.69) is 15.8 Å². The molecular weight excluding hydrogens is 402 g/mol. The van der Waals surface area contributed by atoms with Crippen LogP contribution in [0.1, 0.15) is 76.1 Å². The second-order valence-corrected chi connectivity index (χ2v) is 11.5. The van der Waals surface area contributed by atoms with E-state index in [1.807, 2.05) is 40.8 Å². The van der Waals surface area contributed by atoms with E-state index < -0.39 is 33.8 Å². The van der Waals surface area contributed by atoms with Crippen molar-refractivity contribution in [2.75, 3.05) is 13.7 Å². The van der Waals surface area contributed by atoms with Crippen molar-refractivity contribution < 1.29 is 19.2 Å². The molecule has 30 heavy (non-hydrogen) atoms. The molecule has 2 heterocycles. The van der Waals surface area contributed by atoms with Crippen molar-refractivity contribution in [2.24, 2.45) is 0 Å². The summed E-state index contributed by atoms with van der Waals surface area (Å²) in [4.78, 5) is 18.2. The van der Waals surface area contributed by atoms with Gasteiger partial charge in [0.15, 0.2) is 0 Å². The van der Waals surface area contributed by atoms with Gasteiger partial charge >= 0.3 is 6.09 Å². The molecule has 8 heteroatoms. The van der Waals surface area contributed by atoms with Gasteiger partial charge in [0.05, 0.1) is 18.7 Å². The molecule has 0 spiro atoms. The molecule has 0 radical (unpaired) electrons. The van der Waals surface area contributed by atoms with E-state index in [4.69, 9.17) is 4.74 Å². The minimum absolute atomic E-state index is 0.186. The zero-order chi connectivity index (χ0) is 22.3. The smallest absolute Gasteiger partial charge is 0.407 e. The number of nitrogens with zero attached hydrogens (tertiary/aromatic N) is 2. The number of carbonyl (C=O) groups is 1. The van der Waals surface area contributed by atoms with Gasteiger partial charge < -0.3 is 19.3 Å². The van der Waals surface area contributed by atoms with Crippen molar-refractivity contribution in [1.82, 2.24) is 14.6 Å². The molecule has 3 rings (SSSR count). The minimum Gasteiger partial charge on any atom is -0.598 e. The standard InChI is InChI=1S/C22H35N3O4S/c1-7-22(24-30(28)21(3,4)5,19-11-16(29-6)13-25(19)20(26)27)18-10-14(2)23-12-17(18)15-8-9-15/h10,12,15-16,19,24H,7-9,11,13H2,1-6H3,(H,26,27)/t16-,19-,22?,30?/m1/s1. The van der Waals surface area contributed by atoms with Crippen LogP contribution in [-0.2, 0) is 21.6 Å². The van der Waals surface area contributed by atoms with Crippen LogP contribution in [0.15, 0.2) is 12.3 Å². The Bertz CT molecular complexity index is 780. The predicted molar refractivity (Wildman–Crippen MR) is 118 cm³/mol. The van der Waals surface area contributed by atoms with E-state index in [-0.39, 0.29) is 6.10 Å². The van der Waals surface area contributed by atoms with Crippen LogP contribution in [-0.4, -0.2) is 56.2 Å². The number of aryl methyl sites for hydroxylation is 1. The van der Waals surface area contributed by atoms with Crippen molar-refractivity contribution in [3.63, 3.8) is 0 Å². The van der Waals surface area contributed by atoms with Crippen LogP contribution in [0.25, 0.3) is 0 Å². The number of likely N-dealkylation sites (tertiary alicyclic amines) is 1. The fourth-order valence-corrected chi connectivity index (χ4v) is 5.47. The van der Waals surface area contributed by atoms with Crippen LogP contribution in [0.4, 0.5) is 4.79 Å². The van der Waals surface area contributed by atoms with Crippen LogP contribution >= 0.6 is 0 Å². The summed E-state index contributed by atoms with van der Waals surface area (Å²) in [7, 11) is 1.62. The summed E-state index contributed by atoms with van der Waals surface area (Å²) in [6.45, 7) is 10.1. The highest BCUT2D eigenvalue weighted by Crippen LogP contribution is 2.48. The van der Waals surface area contributed by atoms with Crippen molar-refractivity contribution in [2.45, 2.75) is 88.7 Å². The number of rotatable bonds is 7. The van der Waals surface area contributed by atoms with E-state index in [0.717, 1.165) is 29.7 Å². The lowest BCUT2D eigenvalue weighted by molar-refractivity contribution is 0.0986. The van der Waals surface area contributed by atoms with Crippen LogP contribution in [0.2, 0.25) is 0 Å². The summed E-state index contributed by atoms with van der Waals surface area (Å²) in [5, 5.41) is 10.00. The van der Waals surface area contributed by atoms with E-state index in [0.29, 0.717) is 25.3 Å². The SMILES string of the molecule is CCC(N[S+]([O-])C(C)(C)C)(c1cc(C)ncc1C1CC1)[C@H]1C[C@@H](OC)CN1C(=O)O. The summed E-state index contributed by atoms with van der Waals surface area (Å²) >= 11 is -1.38. The molecule has 4 atom stereocenters. The highest BCUT2D eigenvalue weighted by atomic mass is 32.2. The third-order valence-electron chi connectivity index (χ3n) is 6.37. The molecule has 0 aromatic carbocycles. The molecule has 1 saturated heterocycles. The normalized spacial score (nSPS) is 25.2. The molecule has 1 aromatic heterocycles. The van der Waals surface area contributed by atoms with Crippen molar-refractivity contribution in [1.29, 1.82) is 0 Å². The van der Waals surface area contributed by atoms with E-state index in [1.54, 1.807) is 7.11 Å². The Balaban J connectivity index is 2.18. The molecule has 0 bridgehead atoms. The Morgan fingerprint density at radius 2 is 2.10 bits per heavy atom. The predicted octanol–water partition coefficient (Wildman–Crippen LogP) is 3.69. The average molecular weight is 438 g/mol. The van der Waals surface area contributed by atoms with Gasteiger partial charge in [0.25, 0.3) is 0 Å². The molecule has 2 unspecified atom stereocenters. The van der Waals surface area contributed by atoms with E-state index in [1.165, 1.54) is 4.90 Å². The van der Waals surface area contributed by atoms with Gasteiger partial charge in [0.1, 0.15) is 10.3 Å². The molecular formula is C22H35N3O4S. The summed E-state index contributed by atoms with van der Waals surface area (Å²) in [5.41, 5.74) is 2.26. The highest BCUT2D eigenvalue weighted by Gasteiger charge is 2.54. The molecule has 168 valence electrons. The van der Waals surface area contributed by atoms with Gasteiger partial charge in [0.2, 0.25) is 0 Å². The maximum Gasteiger partial charge on any atom is 0.407 e. The lowest BCUT2D eigenvalue weighted by atomic mass is 9.77. The fraction of sp³-hybridized carbons (Fsp3) is 0.727. The fourth-order valence-electron chi connectivity index (χ4n) is 4.44. The Morgan fingerprint density at radius 3 is 2.60 bits per heavy atom. The van der Waals surface area contributed by atoms with Gasteiger partial charge in [-0.3, -0.25) is 4.98 Å². The first-order valence-corrected chi connectivity index (χ1v) is 11.9. The topological polar surface area (TPSA) is 97.8 Å². The molecule has 1 aliphatic heterocycles. The summed E-state index contributed by atoms with van der Waals surface area (Å²) in [6, 6.07) is 1.67. The Kier molecular flexibility index (Phi) is 6.72. The maximum atomic E-state index is 13.4. The van der Waals surface area contributed by atoms with Gasteiger partial charge in [-0.2, -0.15) is 0 Å². The first-order valence-electron chi connectivity index (χ1n) is 10.7. The number of nitrogens with one attached hydrogen (secondary N) is 1. The number of hydrogen-bond acceptors (Lipinski definition) is 5. The van der Waals surface area contributed by atoms with Gasteiger partial charge in [-0.1, -0.05) is 6.92 Å². The van der Waals surface area contributed by atoms with Crippen molar-refractivity contribution in [3.05, 3.63) is 29.1 Å². The van der Waals surface area contributed by atoms with E-state index >= 15 is 0 Å². The monoisotopic (exact) mass is 437 g/mol. The average Bonchev–Trinajstić information content (AvgIpc) is 3.42. The number of aromatic nitrogens is 1. The number of carboxylic acid groups (broad SMARTS) is 1. The lowest BCUT2D eigenvalue weighted by Crippen LogP contribution is -2.61. The molecule has 1 amide bonds. The molecule has 1 aromatic rings. The Hall–Kier alpha value is -1.35. The second kappa shape index (κ2) is 8.65. The van der Waals surface area contributed by atoms with Crippen LogP contribution in [0.5, 0.6) is 0 Å². The molecule has 1 aliphatic carbocycles. The van der Waals surface area contributed by atoms with Crippen molar-refractivity contribution in [3.8, 4) is 0 Å². The lowest BCUT2D eigenvalue weighted by Gasteiger charge is -2.44. The zero-order valence-corrected chi connectivity index (χ0v) is 19.7. The largest absolute Gasteiger partial charge is 0.598 e. The molecule has 7 nitrogen and oxygen atoms in total. The molecule has 2 fully saturated rings. The van der Waals surface area contributed by atoms with Crippen molar-refractivity contribution >= 4 is 17.5 Å². The Labute approximate surface area is 182 Å². The molecule has 2 aliphatic rings. The van der Waals surface area contributed by atoms with Crippen LogP contribution < -0.4 is 4.72 Å². The zero-order valence-electron chi connectivity index (χ0n) is 18.9. The van der Waals surface area contributed by atoms with Gasteiger partial charge in [-0.05, 0) is 76.5 Å². The van der Waals surface area contributed by atoms with Gasteiger partial charge in [-0.25, -0.2) is 4.79 Å². The number of amides is 1. The minimum atomic E-state index is -1.38. The van der Waals surface area contributed by atoms with Gasteiger partial charge in [-0.15, -0.1) is 4.72 Å². The number of ether oxygens (including phenoxy) is 1. The first-order chi connectivity index (χ1) is 14.0. The highest BCUT2D eigenvalue weighted by molar-refractivity contribution is 7.90. The summed E-state index contributed by atoms with van der Waals surface area (Å²) in [5.74, 6) is 0.432. The Morgan fingerprint density at radius 1 is 1.43 bits per heavy atom. The number of hydrogen-bond donors (Lipinski definition) is 2.